The molecule has 0 amide bonds. The Bertz CT molecular complexity index is 1040. The number of ether oxygens (including phenoxy) is 1. The van der Waals surface area contributed by atoms with Crippen molar-refractivity contribution >= 4 is 25.0 Å². The van der Waals surface area contributed by atoms with Gasteiger partial charge in [0.1, 0.15) is 13.1 Å². The Balaban J connectivity index is 1.55. The monoisotopic (exact) mass is 458 g/mol. The van der Waals surface area contributed by atoms with Crippen molar-refractivity contribution in [3.8, 4) is 11.3 Å². The molecule has 0 spiro atoms. The van der Waals surface area contributed by atoms with Gasteiger partial charge in [-0.25, -0.2) is 15.0 Å². The Morgan fingerprint density at radius 1 is 1.12 bits per heavy atom. The van der Waals surface area contributed by atoms with E-state index < -0.39 is 7.29 Å². The maximum Gasteiger partial charge on any atom is 0.228 e. The van der Waals surface area contributed by atoms with E-state index >= 15 is 0 Å². The first kappa shape index (κ1) is 21.6. The van der Waals surface area contributed by atoms with Crippen molar-refractivity contribution < 1.29 is 9.30 Å². The van der Waals surface area contributed by atoms with Crippen LogP contribution in [0.25, 0.3) is 11.3 Å². The molecule has 0 aromatic carbocycles. The largest absolute Gasteiger partial charge is 0.377 e. The molecule has 10 nitrogen and oxygen atoms in total. The number of morpholine rings is 1. The van der Waals surface area contributed by atoms with Gasteiger partial charge in [0, 0.05) is 69.1 Å². The normalized spacial score (nSPS) is 24.2. The second-order valence-electron chi connectivity index (χ2n) is 9.21. The molecule has 0 unspecified atom stereocenters. The number of nitrogen functional groups attached to an aromatic ring is 1. The number of nitrogens with two attached hydrogens (primary N) is 1. The van der Waals surface area contributed by atoms with Gasteiger partial charge in [0.05, 0.1) is 24.9 Å². The molecule has 0 aliphatic carbocycles. The Morgan fingerprint density at radius 3 is 2.59 bits per heavy atom. The lowest BCUT2D eigenvalue weighted by Gasteiger charge is -2.34. The molecule has 2 N–H and O–H groups in total. The number of anilines is 3. The maximum atomic E-state index is 12.6. The van der Waals surface area contributed by atoms with Crippen LogP contribution in [0.5, 0.6) is 0 Å². The van der Waals surface area contributed by atoms with Crippen molar-refractivity contribution in [2.45, 2.75) is 31.8 Å². The minimum absolute atomic E-state index is 0.195. The van der Waals surface area contributed by atoms with Crippen LogP contribution in [0.3, 0.4) is 0 Å². The van der Waals surface area contributed by atoms with Gasteiger partial charge in [-0.15, -0.1) is 0 Å². The summed E-state index contributed by atoms with van der Waals surface area (Å²) in [5.74, 6) is 1.94. The van der Waals surface area contributed by atoms with Gasteiger partial charge in [0.25, 0.3) is 0 Å². The molecular weight excluding hydrogens is 427 g/mol. The first-order chi connectivity index (χ1) is 15.3. The third kappa shape index (κ3) is 3.95. The number of aromatic nitrogens is 4. The third-order valence-electron chi connectivity index (χ3n) is 6.68. The fourth-order valence-corrected chi connectivity index (χ4v) is 6.07. The number of hydrogen-bond acceptors (Lipinski definition) is 9. The molecule has 5 rings (SSSR count). The quantitative estimate of drug-likeness (QED) is 0.679. The highest BCUT2D eigenvalue weighted by Gasteiger charge is 2.38. The van der Waals surface area contributed by atoms with E-state index in [0.717, 1.165) is 61.7 Å². The molecule has 2 aromatic rings. The second kappa shape index (κ2) is 8.24. The standard InChI is InChI=1S/C21H31N8O2P/c1-14-13-31-9-8-28(14)21-25-18(15-10-23-20(22)24-11-15)17-5-7-29(19(17)26-21)16-4-6-27(12-16)32(2,3)30/h10-11,14,16H,4-9,12-13H2,1-3H3,(H2,22,23,24)/t14-,16-/m0/s1. The van der Waals surface area contributed by atoms with Crippen LogP contribution >= 0.6 is 7.29 Å². The molecule has 0 saturated carbocycles. The summed E-state index contributed by atoms with van der Waals surface area (Å²) in [7, 11) is -2.25. The fraction of sp³-hybridized carbons (Fsp3) is 0.619. The van der Waals surface area contributed by atoms with E-state index in [1.54, 1.807) is 12.4 Å². The molecule has 2 aromatic heterocycles. The highest BCUT2D eigenvalue weighted by atomic mass is 31.2. The van der Waals surface area contributed by atoms with E-state index in [-0.39, 0.29) is 12.0 Å². The van der Waals surface area contributed by atoms with Crippen LogP contribution < -0.4 is 15.5 Å². The van der Waals surface area contributed by atoms with Crippen LogP contribution in [0.1, 0.15) is 18.9 Å². The number of hydrogen-bond donors (Lipinski definition) is 1. The lowest BCUT2D eigenvalue weighted by Crippen LogP contribution is -2.45. The molecule has 2 fully saturated rings. The zero-order chi connectivity index (χ0) is 22.5. The summed E-state index contributed by atoms with van der Waals surface area (Å²) >= 11 is 0. The molecule has 5 heterocycles. The third-order valence-corrected chi connectivity index (χ3v) is 8.41. The molecule has 172 valence electrons. The van der Waals surface area contributed by atoms with Gasteiger partial charge in [-0.05, 0) is 19.8 Å². The summed E-state index contributed by atoms with van der Waals surface area (Å²) in [5, 5.41) is 0. The van der Waals surface area contributed by atoms with Crippen LogP contribution in [0.15, 0.2) is 12.4 Å². The van der Waals surface area contributed by atoms with E-state index in [9.17, 15) is 4.57 Å². The van der Waals surface area contributed by atoms with Crippen molar-refractivity contribution in [2.75, 3.05) is 68.3 Å². The smallest absolute Gasteiger partial charge is 0.228 e. The van der Waals surface area contributed by atoms with E-state index in [1.807, 2.05) is 13.3 Å². The predicted molar refractivity (Wildman–Crippen MR) is 126 cm³/mol. The topological polar surface area (TPSA) is 114 Å². The molecule has 3 aliphatic heterocycles. The zero-order valence-corrected chi connectivity index (χ0v) is 19.8. The molecule has 2 atom stereocenters. The molecule has 11 heteroatoms. The molecule has 0 bridgehead atoms. The molecule has 32 heavy (non-hydrogen) atoms. The van der Waals surface area contributed by atoms with Crippen molar-refractivity contribution in [1.82, 2.24) is 24.6 Å². The maximum absolute atomic E-state index is 12.6. The molecular formula is C21H31N8O2P. The van der Waals surface area contributed by atoms with Gasteiger partial charge < -0.3 is 24.8 Å². The highest BCUT2D eigenvalue weighted by Crippen LogP contribution is 2.45. The average molecular weight is 459 g/mol. The minimum atomic E-state index is -2.25. The molecule has 2 saturated heterocycles. The van der Waals surface area contributed by atoms with Crippen molar-refractivity contribution in [1.29, 1.82) is 0 Å². The number of nitrogens with zero attached hydrogens (tertiary/aromatic N) is 7. The molecule has 3 aliphatic rings. The fourth-order valence-electron chi connectivity index (χ4n) is 4.89. The summed E-state index contributed by atoms with van der Waals surface area (Å²) in [6, 6.07) is 0.491. The summed E-state index contributed by atoms with van der Waals surface area (Å²) in [6.45, 7) is 10.5. The second-order valence-corrected chi connectivity index (χ2v) is 12.4. The average Bonchev–Trinajstić information content (AvgIpc) is 3.41. The lowest BCUT2D eigenvalue weighted by atomic mass is 10.1. The lowest BCUT2D eigenvalue weighted by molar-refractivity contribution is 0.0981. The number of fused-ring (bicyclic) bond motifs is 1. The Hall–Kier alpha value is -2.29. The SMILES string of the molecule is C[C@H]1COCCN1c1nc(-c2cnc(N)nc2)c2c(n1)N([C@H]1CCN(P(C)(C)=O)C1)CC2. The van der Waals surface area contributed by atoms with E-state index in [1.165, 1.54) is 0 Å². The predicted octanol–water partition coefficient (Wildman–Crippen LogP) is 1.72. The van der Waals surface area contributed by atoms with Crippen LogP contribution in [-0.2, 0) is 15.7 Å². The number of rotatable bonds is 4. The van der Waals surface area contributed by atoms with Crippen LogP contribution in [-0.4, -0.2) is 89.4 Å². The van der Waals surface area contributed by atoms with Crippen LogP contribution in [0.2, 0.25) is 0 Å². The van der Waals surface area contributed by atoms with E-state index in [4.69, 9.17) is 20.4 Å². The highest BCUT2D eigenvalue weighted by molar-refractivity contribution is 7.59. The van der Waals surface area contributed by atoms with Crippen molar-refractivity contribution in [3.63, 3.8) is 0 Å². The van der Waals surface area contributed by atoms with Gasteiger partial charge in [0.15, 0.2) is 0 Å². The van der Waals surface area contributed by atoms with Gasteiger partial charge in [0.2, 0.25) is 11.9 Å². The summed E-state index contributed by atoms with van der Waals surface area (Å²) in [5.41, 5.74) is 8.57. The van der Waals surface area contributed by atoms with Crippen LogP contribution in [0.4, 0.5) is 17.7 Å². The summed E-state index contributed by atoms with van der Waals surface area (Å²) < 4.78 is 20.4. The summed E-state index contributed by atoms with van der Waals surface area (Å²) in [6.07, 6.45) is 5.32. The Morgan fingerprint density at radius 2 is 1.91 bits per heavy atom. The van der Waals surface area contributed by atoms with Gasteiger partial charge in [-0.2, -0.15) is 4.98 Å². The van der Waals surface area contributed by atoms with Gasteiger partial charge in [-0.1, -0.05) is 0 Å². The first-order valence-electron chi connectivity index (χ1n) is 11.2. The molecule has 0 radical (unpaired) electrons. The minimum Gasteiger partial charge on any atom is -0.377 e. The van der Waals surface area contributed by atoms with Gasteiger partial charge >= 0.3 is 0 Å². The van der Waals surface area contributed by atoms with E-state index in [2.05, 4.69) is 31.4 Å². The van der Waals surface area contributed by atoms with Crippen molar-refractivity contribution in [3.05, 3.63) is 18.0 Å². The first-order valence-corrected chi connectivity index (χ1v) is 13.8. The summed E-state index contributed by atoms with van der Waals surface area (Å²) in [4.78, 5) is 23.1. The van der Waals surface area contributed by atoms with Gasteiger partial charge in [-0.3, -0.25) is 4.67 Å². The van der Waals surface area contributed by atoms with Crippen molar-refractivity contribution in [2.24, 2.45) is 0 Å². The Labute approximate surface area is 188 Å². The zero-order valence-electron chi connectivity index (χ0n) is 18.9. The Kier molecular flexibility index (Phi) is 5.55. The van der Waals surface area contributed by atoms with E-state index in [0.29, 0.717) is 25.2 Å². The van der Waals surface area contributed by atoms with Crippen LogP contribution in [0, 0.1) is 0 Å².